The molecule has 0 spiro atoms. The van der Waals surface area contributed by atoms with E-state index in [1.165, 1.54) is 38.8 Å². The maximum atomic E-state index is 13.6. The van der Waals surface area contributed by atoms with Crippen LogP contribution in [0.15, 0.2) is 18.2 Å². The molecule has 3 nitrogen and oxygen atoms in total. The van der Waals surface area contributed by atoms with Crippen LogP contribution < -0.4 is 10.1 Å². The minimum absolute atomic E-state index is 0.319. The van der Waals surface area contributed by atoms with Crippen LogP contribution in [0.3, 0.4) is 0 Å². The van der Waals surface area contributed by atoms with Gasteiger partial charge in [-0.15, -0.1) is 0 Å². The molecule has 1 aliphatic carbocycles. The summed E-state index contributed by atoms with van der Waals surface area (Å²) in [5.41, 5.74) is 1.59. The summed E-state index contributed by atoms with van der Waals surface area (Å²) in [5.74, 6) is 0.581. The number of piperidine rings is 1. The Morgan fingerprint density at radius 3 is 1.96 bits per heavy atom. The molecule has 3 aliphatic rings. The molecule has 6 heteroatoms. The van der Waals surface area contributed by atoms with E-state index in [1.807, 2.05) is 40.0 Å². The summed E-state index contributed by atoms with van der Waals surface area (Å²) < 4.78 is 34.1. The molecular formula is C22H36F2N2OS. The fourth-order valence-corrected chi connectivity index (χ4v) is 3.78. The van der Waals surface area contributed by atoms with Gasteiger partial charge in [0.2, 0.25) is 0 Å². The van der Waals surface area contributed by atoms with Crippen LogP contribution in [0.5, 0.6) is 5.75 Å². The molecule has 2 fully saturated rings. The van der Waals surface area contributed by atoms with Crippen molar-refractivity contribution in [1.29, 1.82) is 0 Å². The van der Waals surface area contributed by atoms with Gasteiger partial charge in [0, 0.05) is 13.1 Å². The number of hydrogen-bond donors (Lipinski definition) is 1. The molecule has 2 atom stereocenters. The lowest BCUT2D eigenvalue weighted by molar-refractivity contribution is 0.359. The van der Waals surface area contributed by atoms with Crippen molar-refractivity contribution in [3.05, 3.63) is 35.4 Å². The minimum atomic E-state index is -0.652. The van der Waals surface area contributed by atoms with Crippen molar-refractivity contribution >= 4 is 17.5 Å². The van der Waals surface area contributed by atoms with Gasteiger partial charge in [-0.25, -0.2) is 13.1 Å². The normalized spacial score (nSPS) is 22.2. The molecule has 2 heterocycles. The van der Waals surface area contributed by atoms with Crippen LogP contribution in [0.1, 0.15) is 46.1 Å². The Bertz CT molecular complexity index is 594. The molecule has 0 aromatic heterocycles. The van der Waals surface area contributed by atoms with Crippen molar-refractivity contribution in [3.63, 3.8) is 0 Å². The molecule has 2 aliphatic heterocycles. The van der Waals surface area contributed by atoms with Gasteiger partial charge in [-0.3, -0.25) is 0 Å². The van der Waals surface area contributed by atoms with Gasteiger partial charge in [-0.1, -0.05) is 45.7 Å². The summed E-state index contributed by atoms with van der Waals surface area (Å²) in [6.45, 7) is 12.3. The zero-order valence-electron chi connectivity index (χ0n) is 18.1. The first-order valence-electron chi connectivity index (χ1n) is 10.3. The molecule has 1 N–H and O–H groups in total. The average molecular weight is 415 g/mol. The van der Waals surface area contributed by atoms with Crippen LogP contribution in [-0.2, 0) is 0 Å². The van der Waals surface area contributed by atoms with Crippen molar-refractivity contribution in [2.75, 3.05) is 39.5 Å². The third kappa shape index (κ3) is 7.05. The van der Waals surface area contributed by atoms with E-state index in [-0.39, 0.29) is 5.75 Å². The van der Waals surface area contributed by atoms with Crippen LogP contribution in [0, 0.1) is 23.5 Å². The quantitative estimate of drug-likeness (QED) is 0.649. The van der Waals surface area contributed by atoms with E-state index in [1.54, 1.807) is 11.9 Å². The lowest BCUT2D eigenvalue weighted by Gasteiger charge is -2.24. The summed E-state index contributed by atoms with van der Waals surface area (Å²) in [7, 11) is 1.26. The number of hydrogen-bond acceptors (Lipinski definition) is 4. The van der Waals surface area contributed by atoms with Crippen molar-refractivity contribution in [3.8, 4) is 5.75 Å². The number of halogens is 2. The molecule has 2 unspecified atom stereocenters. The Kier molecular flexibility index (Phi) is 11.7. The Balaban J connectivity index is 0.000000321. The number of ether oxygens (including phenoxy) is 1. The predicted octanol–water partition coefficient (Wildman–Crippen LogP) is 5.62. The van der Waals surface area contributed by atoms with Crippen molar-refractivity contribution in [1.82, 2.24) is 9.62 Å². The van der Waals surface area contributed by atoms with Crippen LogP contribution in [0.2, 0.25) is 0 Å². The molecule has 0 bridgehead atoms. The van der Waals surface area contributed by atoms with E-state index in [0.717, 1.165) is 36.9 Å². The van der Waals surface area contributed by atoms with Crippen molar-refractivity contribution in [2.45, 2.75) is 40.5 Å². The van der Waals surface area contributed by atoms with Crippen molar-refractivity contribution in [2.24, 2.45) is 11.8 Å². The highest BCUT2D eigenvalue weighted by Crippen LogP contribution is 2.40. The summed E-state index contributed by atoms with van der Waals surface area (Å²) in [6, 6.07) is 2.67. The van der Waals surface area contributed by atoms with E-state index in [9.17, 15) is 8.78 Å². The van der Waals surface area contributed by atoms with Gasteiger partial charge in [0.05, 0.1) is 7.11 Å². The standard InChI is InChI=1S/C13H15F2NOS.C5H9N.2C2H6/c1-17-13-11(14)7-10(8-12(13)15)9-3-5-16(18-2)6-4-9;1-4-2-6-3-5(1)4;2*1-2/h3,7-8H,4-6H2,1-2H3;4-6H,1-3H2;2*1-2H3. The third-order valence-electron chi connectivity index (χ3n) is 4.89. The highest BCUT2D eigenvalue weighted by Gasteiger charge is 2.40. The Labute approximate surface area is 174 Å². The average Bonchev–Trinajstić information content (AvgIpc) is 3.35. The first-order valence-corrected chi connectivity index (χ1v) is 11.5. The maximum absolute atomic E-state index is 13.6. The summed E-state index contributed by atoms with van der Waals surface area (Å²) in [6.07, 6.45) is 6.35. The number of fused-ring (bicyclic) bond motifs is 1. The Morgan fingerprint density at radius 1 is 1.07 bits per heavy atom. The minimum Gasteiger partial charge on any atom is -0.491 e. The molecule has 4 rings (SSSR count). The third-order valence-corrected chi connectivity index (χ3v) is 5.73. The fourth-order valence-electron chi connectivity index (χ4n) is 3.28. The number of methoxy groups -OCH3 is 1. The second-order valence-corrected chi connectivity index (χ2v) is 7.32. The second-order valence-electron chi connectivity index (χ2n) is 6.44. The number of nitrogens with zero attached hydrogens (tertiary/aromatic N) is 1. The van der Waals surface area contributed by atoms with E-state index in [0.29, 0.717) is 5.56 Å². The van der Waals surface area contributed by atoms with Crippen molar-refractivity contribution < 1.29 is 13.5 Å². The molecule has 1 aromatic rings. The Hall–Kier alpha value is -1.11. The van der Waals surface area contributed by atoms with Crippen LogP contribution in [0.4, 0.5) is 8.78 Å². The number of rotatable bonds is 3. The number of benzene rings is 1. The van der Waals surface area contributed by atoms with Crippen LogP contribution >= 0.6 is 11.9 Å². The van der Waals surface area contributed by atoms with E-state index < -0.39 is 11.6 Å². The number of nitrogens with one attached hydrogen (secondary N) is 1. The smallest absolute Gasteiger partial charge is 0.190 e. The molecule has 28 heavy (non-hydrogen) atoms. The second kappa shape index (κ2) is 13.2. The van der Waals surface area contributed by atoms with E-state index in [4.69, 9.17) is 0 Å². The van der Waals surface area contributed by atoms with Gasteiger partial charge >= 0.3 is 0 Å². The first-order chi connectivity index (χ1) is 13.6. The summed E-state index contributed by atoms with van der Waals surface area (Å²) in [5, 5.41) is 3.32. The first kappa shape index (κ1) is 24.9. The fraction of sp³-hybridized carbons (Fsp3) is 0.636. The molecule has 1 saturated carbocycles. The highest BCUT2D eigenvalue weighted by atomic mass is 32.2. The summed E-state index contributed by atoms with van der Waals surface area (Å²) >= 11 is 1.68. The van der Waals surface area contributed by atoms with Gasteiger partial charge in [0.1, 0.15) is 0 Å². The maximum Gasteiger partial charge on any atom is 0.190 e. The predicted molar refractivity (Wildman–Crippen MR) is 118 cm³/mol. The lowest BCUT2D eigenvalue weighted by Crippen LogP contribution is -2.21. The zero-order valence-corrected chi connectivity index (χ0v) is 19.0. The zero-order chi connectivity index (χ0) is 21.1. The summed E-state index contributed by atoms with van der Waals surface area (Å²) in [4.78, 5) is 0. The van der Waals surface area contributed by atoms with Gasteiger partial charge < -0.3 is 10.1 Å². The topological polar surface area (TPSA) is 24.5 Å². The van der Waals surface area contributed by atoms with Gasteiger partial charge in [-0.2, -0.15) is 0 Å². The molecule has 160 valence electrons. The van der Waals surface area contributed by atoms with Crippen LogP contribution in [0.25, 0.3) is 5.57 Å². The molecule has 0 radical (unpaired) electrons. The molecule has 1 saturated heterocycles. The largest absolute Gasteiger partial charge is 0.491 e. The Morgan fingerprint density at radius 2 is 1.64 bits per heavy atom. The molecular weight excluding hydrogens is 378 g/mol. The monoisotopic (exact) mass is 414 g/mol. The molecule has 0 amide bonds. The molecule has 1 aromatic carbocycles. The van der Waals surface area contributed by atoms with E-state index in [2.05, 4.69) is 14.4 Å². The van der Waals surface area contributed by atoms with E-state index >= 15 is 0 Å². The highest BCUT2D eigenvalue weighted by molar-refractivity contribution is 7.96. The van der Waals surface area contributed by atoms with Gasteiger partial charge in [0.25, 0.3) is 0 Å². The van der Waals surface area contributed by atoms with Gasteiger partial charge in [-0.05, 0) is 67.3 Å². The van der Waals surface area contributed by atoms with Gasteiger partial charge in [0.15, 0.2) is 17.4 Å². The van der Waals surface area contributed by atoms with Crippen LogP contribution in [-0.4, -0.2) is 43.8 Å². The lowest BCUT2D eigenvalue weighted by atomic mass is 10.00. The SMILES string of the molecule is C1NCC2CC12.CC.CC.COc1c(F)cc(C2=CCN(SC)CC2)cc1F.